The monoisotopic (exact) mass is 374 g/mol. The van der Waals surface area contributed by atoms with E-state index in [1.807, 2.05) is 33.9 Å². The zero-order valence-electron chi connectivity index (χ0n) is 16.1. The van der Waals surface area contributed by atoms with E-state index in [9.17, 15) is 4.79 Å². The zero-order chi connectivity index (χ0) is 18.9. The van der Waals surface area contributed by atoms with E-state index in [4.69, 9.17) is 9.72 Å². The maximum atomic E-state index is 12.2. The molecule has 0 bridgehead atoms. The molecule has 2 aromatic rings. The normalized spacial score (nSPS) is 16.0. The van der Waals surface area contributed by atoms with Crippen LogP contribution in [0.1, 0.15) is 55.8 Å². The number of aryl methyl sites for hydroxylation is 2. The Morgan fingerprint density at radius 3 is 2.46 bits per heavy atom. The lowest BCUT2D eigenvalue weighted by Crippen LogP contribution is -2.41. The van der Waals surface area contributed by atoms with E-state index >= 15 is 0 Å². The summed E-state index contributed by atoms with van der Waals surface area (Å²) in [4.78, 5) is 29.0. The highest BCUT2D eigenvalue weighted by Crippen LogP contribution is 2.30. The number of aromatic nitrogens is 3. The van der Waals surface area contributed by atoms with Gasteiger partial charge >= 0.3 is 6.09 Å². The van der Waals surface area contributed by atoms with Gasteiger partial charge in [0, 0.05) is 30.1 Å². The van der Waals surface area contributed by atoms with Crippen molar-refractivity contribution < 1.29 is 9.53 Å². The second-order valence-electron chi connectivity index (χ2n) is 7.73. The second-order valence-corrected chi connectivity index (χ2v) is 8.93. The van der Waals surface area contributed by atoms with E-state index in [0.717, 1.165) is 34.9 Å². The summed E-state index contributed by atoms with van der Waals surface area (Å²) in [5.41, 5.74) is 2.40. The molecule has 0 atom stereocenters. The lowest BCUT2D eigenvalue weighted by Gasteiger charge is -2.33. The quantitative estimate of drug-likeness (QED) is 0.782. The molecule has 7 heteroatoms. The number of likely N-dealkylation sites (tertiary alicyclic amines) is 1. The number of amides is 1. The summed E-state index contributed by atoms with van der Waals surface area (Å²) >= 11 is 1.65. The molecule has 3 rings (SSSR count). The van der Waals surface area contributed by atoms with Gasteiger partial charge in [-0.25, -0.2) is 14.8 Å². The molecule has 1 aliphatic rings. The maximum absolute atomic E-state index is 12.2. The summed E-state index contributed by atoms with van der Waals surface area (Å²) in [5, 5.41) is 0.917. The summed E-state index contributed by atoms with van der Waals surface area (Å²) in [7, 11) is 0. The van der Waals surface area contributed by atoms with Crippen molar-refractivity contribution >= 4 is 17.4 Å². The number of hydrogen-bond donors (Lipinski definition) is 0. The fourth-order valence-corrected chi connectivity index (χ4v) is 3.82. The Morgan fingerprint density at radius 2 is 1.88 bits per heavy atom. The minimum absolute atomic E-state index is 0.232. The van der Waals surface area contributed by atoms with Crippen molar-refractivity contribution in [2.45, 2.75) is 59.0 Å². The molecule has 6 nitrogen and oxygen atoms in total. The topological polar surface area (TPSA) is 68.2 Å². The second kappa shape index (κ2) is 7.31. The first-order chi connectivity index (χ1) is 12.2. The third kappa shape index (κ3) is 4.38. The largest absolute Gasteiger partial charge is 0.444 e. The number of nitrogens with zero attached hydrogens (tertiary/aromatic N) is 4. The van der Waals surface area contributed by atoms with E-state index in [2.05, 4.69) is 16.9 Å². The number of ether oxygens (including phenoxy) is 1. The fraction of sp³-hybridized carbons (Fsp3) is 0.579. The van der Waals surface area contributed by atoms with Crippen LogP contribution in [0.3, 0.4) is 0 Å². The fourth-order valence-electron chi connectivity index (χ4n) is 2.95. The smallest absolute Gasteiger partial charge is 0.410 e. The summed E-state index contributed by atoms with van der Waals surface area (Å²) in [6.07, 6.45) is 5.12. The predicted molar refractivity (Wildman–Crippen MR) is 102 cm³/mol. The standard InChI is InChI=1S/C19H26N4O2S/c1-12-13(2)26-17(21-12)16-11-20-10-15(22-16)14-6-8-23(9-7-14)18(24)25-19(3,4)5/h10-11,14H,6-9H2,1-5H3. The third-order valence-corrected chi connectivity index (χ3v) is 5.56. The van der Waals surface area contributed by atoms with Gasteiger partial charge in [-0.2, -0.15) is 0 Å². The first-order valence-corrected chi connectivity index (χ1v) is 9.79. The number of carbonyl (C=O) groups excluding carboxylic acids is 1. The molecular formula is C19H26N4O2S. The zero-order valence-corrected chi connectivity index (χ0v) is 16.9. The van der Waals surface area contributed by atoms with E-state index in [-0.39, 0.29) is 6.09 Å². The number of thiazole rings is 1. The molecule has 1 aliphatic heterocycles. The van der Waals surface area contributed by atoms with Crippen LogP contribution in [0.2, 0.25) is 0 Å². The highest BCUT2D eigenvalue weighted by atomic mass is 32.1. The van der Waals surface area contributed by atoms with E-state index in [0.29, 0.717) is 19.0 Å². The van der Waals surface area contributed by atoms with Gasteiger partial charge in [0.2, 0.25) is 0 Å². The van der Waals surface area contributed by atoms with Gasteiger partial charge in [-0.15, -0.1) is 11.3 Å². The molecule has 0 radical (unpaired) electrons. The van der Waals surface area contributed by atoms with Gasteiger partial charge < -0.3 is 9.64 Å². The Bertz CT molecular complexity index is 770. The van der Waals surface area contributed by atoms with Gasteiger partial charge in [0.05, 0.1) is 17.6 Å². The summed E-state index contributed by atoms with van der Waals surface area (Å²) in [5.74, 6) is 0.309. The molecule has 0 aliphatic carbocycles. The van der Waals surface area contributed by atoms with E-state index in [1.54, 1.807) is 22.4 Å². The van der Waals surface area contributed by atoms with Crippen LogP contribution in [-0.4, -0.2) is 44.6 Å². The van der Waals surface area contributed by atoms with Crippen molar-refractivity contribution in [2.75, 3.05) is 13.1 Å². The molecule has 26 heavy (non-hydrogen) atoms. The van der Waals surface area contributed by atoms with Gasteiger partial charge in [-0.05, 0) is 47.5 Å². The third-order valence-electron chi connectivity index (χ3n) is 4.47. The minimum Gasteiger partial charge on any atom is -0.444 e. The van der Waals surface area contributed by atoms with Crippen molar-refractivity contribution in [2.24, 2.45) is 0 Å². The molecule has 140 valence electrons. The van der Waals surface area contributed by atoms with Crippen LogP contribution in [0.5, 0.6) is 0 Å². The Balaban J connectivity index is 1.66. The van der Waals surface area contributed by atoms with Crippen molar-refractivity contribution in [3.8, 4) is 10.7 Å². The summed E-state index contributed by atoms with van der Waals surface area (Å²) in [6.45, 7) is 11.1. The van der Waals surface area contributed by atoms with Gasteiger partial charge in [-0.3, -0.25) is 4.98 Å². The van der Waals surface area contributed by atoms with Crippen LogP contribution in [-0.2, 0) is 4.74 Å². The Morgan fingerprint density at radius 1 is 1.19 bits per heavy atom. The van der Waals surface area contributed by atoms with Gasteiger partial charge in [0.15, 0.2) is 0 Å². The lowest BCUT2D eigenvalue weighted by molar-refractivity contribution is 0.0204. The van der Waals surface area contributed by atoms with Crippen LogP contribution in [0.15, 0.2) is 12.4 Å². The Kier molecular flexibility index (Phi) is 5.27. The molecule has 0 aromatic carbocycles. The maximum Gasteiger partial charge on any atom is 0.410 e. The highest BCUT2D eigenvalue weighted by molar-refractivity contribution is 7.15. The molecule has 0 spiro atoms. The van der Waals surface area contributed by atoms with Crippen LogP contribution < -0.4 is 0 Å². The molecule has 1 fully saturated rings. The molecule has 0 saturated carbocycles. The number of carbonyl (C=O) groups is 1. The van der Waals surface area contributed by atoms with Crippen molar-refractivity contribution in [1.29, 1.82) is 0 Å². The number of piperidine rings is 1. The van der Waals surface area contributed by atoms with Crippen LogP contribution in [0, 0.1) is 13.8 Å². The number of rotatable bonds is 2. The molecule has 0 unspecified atom stereocenters. The minimum atomic E-state index is -0.461. The average Bonchev–Trinajstić information content (AvgIpc) is 2.93. The van der Waals surface area contributed by atoms with Gasteiger partial charge in [0.1, 0.15) is 16.3 Å². The Hall–Kier alpha value is -2.02. The predicted octanol–water partition coefficient (Wildman–Crippen LogP) is 4.33. The molecule has 3 heterocycles. The summed E-state index contributed by atoms with van der Waals surface area (Å²) < 4.78 is 5.46. The lowest BCUT2D eigenvalue weighted by atomic mass is 9.94. The molecule has 1 saturated heterocycles. The van der Waals surface area contributed by atoms with Crippen LogP contribution in [0.4, 0.5) is 4.79 Å². The average molecular weight is 375 g/mol. The molecule has 2 aromatic heterocycles. The van der Waals surface area contributed by atoms with Crippen LogP contribution in [0.25, 0.3) is 10.7 Å². The summed E-state index contributed by atoms with van der Waals surface area (Å²) in [6, 6.07) is 0. The molecule has 1 amide bonds. The van der Waals surface area contributed by atoms with Gasteiger partial charge in [0.25, 0.3) is 0 Å². The first-order valence-electron chi connectivity index (χ1n) is 8.97. The molecular weight excluding hydrogens is 348 g/mol. The molecule has 0 N–H and O–H groups in total. The van der Waals surface area contributed by atoms with E-state index < -0.39 is 5.60 Å². The van der Waals surface area contributed by atoms with Gasteiger partial charge in [-0.1, -0.05) is 0 Å². The SMILES string of the molecule is Cc1nc(-c2cncc(C3CCN(C(=O)OC(C)(C)C)CC3)n2)sc1C. The van der Waals surface area contributed by atoms with Crippen molar-refractivity contribution in [3.05, 3.63) is 28.7 Å². The van der Waals surface area contributed by atoms with Crippen molar-refractivity contribution in [1.82, 2.24) is 19.9 Å². The first kappa shape index (κ1) is 18.8. The number of hydrogen-bond acceptors (Lipinski definition) is 6. The van der Waals surface area contributed by atoms with E-state index in [1.165, 1.54) is 4.88 Å². The Labute approximate surface area is 158 Å². The van der Waals surface area contributed by atoms with Crippen molar-refractivity contribution in [3.63, 3.8) is 0 Å². The van der Waals surface area contributed by atoms with Crippen LogP contribution >= 0.6 is 11.3 Å². The highest BCUT2D eigenvalue weighted by Gasteiger charge is 2.28.